The number of anilines is 1. The molecule has 0 fully saturated rings. The highest BCUT2D eigenvalue weighted by Crippen LogP contribution is 2.22. The summed E-state index contributed by atoms with van der Waals surface area (Å²) in [6.07, 6.45) is 4.31. The van der Waals surface area contributed by atoms with Crippen molar-refractivity contribution in [3.63, 3.8) is 0 Å². The molecule has 1 aromatic heterocycles. The number of hydrogen-bond acceptors (Lipinski definition) is 5. The van der Waals surface area contributed by atoms with Crippen molar-refractivity contribution >= 4 is 21.9 Å². The number of nitriles is 1. The van der Waals surface area contributed by atoms with E-state index in [0.717, 1.165) is 0 Å². The van der Waals surface area contributed by atoms with Crippen molar-refractivity contribution in [2.24, 2.45) is 0 Å². The van der Waals surface area contributed by atoms with E-state index < -0.39 is 10.0 Å². The number of rotatable bonds is 4. The maximum atomic E-state index is 11.6. The molecule has 2 N–H and O–H groups in total. The molecule has 0 amide bonds. The first-order valence-corrected chi connectivity index (χ1v) is 5.75. The quantitative estimate of drug-likeness (QED) is 0.589. The lowest BCUT2D eigenvalue weighted by Crippen LogP contribution is -2.20. The summed E-state index contributed by atoms with van der Waals surface area (Å²) < 4.78 is 25.5. The molecule has 1 heterocycles. The second kappa shape index (κ2) is 4.74. The second-order valence-electron chi connectivity index (χ2n) is 2.72. The van der Waals surface area contributed by atoms with Crippen molar-refractivity contribution in [3.05, 3.63) is 24.4 Å². The number of nitrogens with one attached hydrogen (secondary N) is 2. The van der Waals surface area contributed by atoms with Crippen LogP contribution in [0, 0.1) is 11.5 Å². The first-order chi connectivity index (χ1) is 7.56. The summed E-state index contributed by atoms with van der Waals surface area (Å²) >= 11 is 0. The summed E-state index contributed by atoms with van der Waals surface area (Å²) in [5.74, 6) is 0.161. The van der Waals surface area contributed by atoms with Crippen molar-refractivity contribution in [2.45, 2.75) is 4.90 Å². The minimum Gasteiger partial charge on any atom is -0.276 e. The third-order valence-electron chi connectivity index (χ3n) is 1.89. The minimum absolute atomic E-state index is 0.0257. The largest absolute Gasteiger partial charge is 0.276 e. The van der Waals surface area contributed by atoms with Gasteiger partial charge in [-0.15, -0.1) is 0 Å². The Bertz CT molecular complexity index is 545. The van der Waals surface area contributed by atoms with Crippen LogP contribution in [0.3, 0.4) is 0 Å². The lowest BCUT2D eigenvalue weighted by molar-refractivity contribution is 0.588. The van der Waals surface area contributed by atoms with Crippen LogP contribution in [0.2, 0.25) is 0 Å². The SMILES string of the molecule is C=Cc1c(S(=O)(=O)NC)ccnc1NC#N. The van der Waals surface area contributed by atoms with E-state index in [1.807, 2.05) is 0 Å². The lowest BCUT2D eigenvalue weighted by atomic mass is 10.2. The van der Waals surface area contributed by atoms with Gasteiger partial charge in [0.25, 0.3) is 0 Å². The first-order valence-electron chi connectivity index (χ1n) is 4.27. The Hall–Kier alpha value is -1.91. The van der Waals surface area contributed by atoms with Gasteiger partial charge in [-0.05, 0) is 13.1 Å². The van der Waals surface area contributed by atoms with E-state index in [2.05, 4.69) is 21.6 Å². The van der Waals surface area contributed by atoms with Gasteiger partial charge in [0.2, 0.25) is 10.0 Å². The predicted octanol–water partition coefficient (Wildman–Crippen LogP) is 0.526. The molecule has 0 aromatic carbocycles. The van der Waals surface area contributed by atoms with Gasteiger partial charge in [0.1, 0.15) is 5.82 Å². The lowest BCUT2D eigenvalue weighted by Gasteiger charge is -2.08. The molecular formula is C9H10N4O2S. The van der Waals surface area contributed by atoms with E-state index in [1.165, 1.54) is 25.4 Å². The van der Waals surface area contributed by atoms with Crippen molar-refractivity contribution in [1.82, 2.24) is 9.71 Å². The van der Waals surface area contributed by atoms with E-state index in [-0.39, 0.29) is 16.3 Å². The van der Waals surface area contributed by atoms with Gasteiger partial charge in [-0.25, -0.2) is 18.1 Å². The van der Waals surface area contributed by atoms with Crippen LogP contribution in [0.5, 0.6) is 0 Å². The van der Waals surface area contributed by atoms with Gasteiger partial charge in [-0.1, -0.05) is 12.7 Å². The van der Waals surface area contributed by atoms with E-state index in [4.69, 9.17) is 5.26 Å². The number of pyridine rings is 1. The van der Waals surface area contributed by atoms with Crippen LogP contribution in [-0.4, -0.2) is 20.4 Å². The average molecular weight is 238 g/mol. The smallest absolute Gasteiger partial charge is 0.241 e. The van der Waals surface area contributed by atoms with Crippen LogP contribution >= 0.6 is 0 Å². The molecule has 0 unspecified atom stereocenters. The number of aromatic nitrogens is 1. The zero-order chi connectivity index (χ0) is 12.2. The zero-order valence-electron chi connectivity index (χ0n) is 8.56. The van der Waals surface area contributed by atoms with Crippen LogP contribution < -0.4 is 10.0 Å². The van der Waals surface area contributed by atoms with Gasteiger partial charge in [0.15, 0.2) is 6.19 Å². The molecule has 7 heteroatoms. The van der Waals surface area contributed by atoms with Crippen LogP contribution in [0.15, 0.2) is 23.7 Å². The molecule has 0 aliphatic carbocycles. The number of hydrogen-bond donors (Lipinski definition) is 2. The Morgan fingerprint density at radius 3 is 2.81 bits per heavy atom. The molecule has 0 aliphatic rings. The fourth-order valence-corrected chi connectivity index (χ4v) is 2.08. The van der Waals surface area contributed by atoms with Crippen LogP contribution in [0.4, 0.5) is 5.82 Å². The predicted molar refractivity (Wildman–Crippen MR) is 59.8 cm³/mol. The highest BCUT2D eigenvalue weighted by atomic mass is 32.2. The van der Waals surface area contributed by atoms with E-state index >= 15 is 0 Å². The summed E-state index contributed by atoms with van der Waals surface area (Å²) in [6.45, 7) is 3.50. The van der Waals surface area contributed by atoms with Gasteiger partial charge in [0, 0.05) is 11.8 Å². The second-order valence-corrected chi connectivity index (χ2v) is 4.57. The minimum atomic E-state index is -3.59. The van der Waals surface area contributed by atoms with Gasteiger partial charge in [0.05, 0.1) is 4.90 Å². The Morgan fingerprint density at radius 1 is 1.62 bits per heavy atom. The zero-order valence-corrected chi connectivity index (χ0v) is 9.37. The van der Waals surface area contributed by atoms with E-state index in [0.29, 0.717) is 0 Å². The molecule has 0 aliphatic heterocycles. The highest BCUT2D eigenvalue weighted by Gasteiger charge is 2.17. The molecule has 0 atom stereocenters. The van der Waals surface area contributed by atoms with Gasteiger partial charge >= 0.3 is 0 Å². The van der Waals surface area contributed by atoms with Crippen LogP contribution in [-0.2, 0) is 10.0 Å². The topological polar surface area (TPSA) is 94.9 Å². The molecule has 1 rings (SSSR count). The Kier molecular flexibility index (Phi) is 3.60. The molecule has 6 nitrogen and oxygen atoms in total. The Labute approximate surface area is 93.7 Å². The summed E-state index contributed by atoms with van der Waals surface area (Å²) in [4.78, 5) is 3.88. The van der Waals surface area contributed by atoms with Crippen molar-refractivity contribution < 1.29 is 8.42 Å². The van der Waals surface area contributed by atoms with Gasteiger partial charge in [-0.2, -0.15) is 5.26 Å². The standard InChI is InChI=1S/C9H10N4O2S/c1-3-7-8(16(14,15)11-2)4-5-12-9(7)13-6-10/h3-5,11H,1H2,2H3,(H,12,13). The highest BCUT2D eigenvalue weighted by molar-refractivity contribution is 7.89. The molecule has 1 aromatic rings. The van der Waals surface area contributed by atoms with Gasteiger partial charge in [-0.3, -0.25) is 5.32 Å². The van der Waals surface area contributed by atoms with Crippen molar-refractivity contribution in [2.75, 3.05) is 12.4 Å². The molecule has 84 valence electrons. The summed E-state index contributed by atoms with van der Waals surface area (Å²) in [5, 5.41) is 10.8. The third-order valence-corrected chi connectivity index (χ3v) is 3.36. The number of nitrogens with zero attached hydrogens (tertiary/aromatic N) is 2. The van der Waals surface area contributed by atoms with E-state index in [1.54, 1.807) is 6.19 Å². The van der Waals surface area contributed by atoms with Gasteiger partial charge < -0.3 is 0 Å². The summed E-state index contributed by atoms with van der Waals surface area (Å²) in [6, 6.07) is 1.34. The van der Waals surface area contributed by atoms with E-state index in [9.17, 15) is 8.42 Å². The normalized spacial score (nSPS) is 10.5. The fourth-order valence-electron chi connectivity index (χ4n) is 1.15. The molecule has 0 spiro atoms. The maximum absolute atomic E-state index is 11.6. The fraction of sp³-hybridized carbons (Fsp3) is 0.111. The maximum Gasteiger partial charge on any atom is 0.241 e. The molecule has 0 saturated heterocycles. The first kappa shape index (κ1) is 12.2. The summed E-state index contributed by atoms with van der Waals surface area (Å²) in [7, 11) is -2.29. The molecule has 0 saturated carbocycles. The van der Waals surface area contributed by atoms with Crippen LogP contribution in [0.1, 0.15) is 5.56 Å². The average Bonchev–Trinajstić information content (AvgIpc) is 2.29. The Balaban J connectivity index is 3.48. The molecule has 0 radical (unpaired) electrons. The summed E-state index contributed by atoms with van der Waals surface area (Å²) in [5.41, 5.74) is 0.262. The molecule has 16 heavy (non-hydrogen) atoms. The Morgan fingerprint density at radius 2 is 2.31 bits per heavy atom. The van der Waals surface area contributed by atoms with Crippen molar-refractivity contribution in [1.29, 1.82) is 5.26 Å². The molecular weight excluding hydrogens is 228 g/mol. The number of sulfonamides is 1. The van der Waals surface area contributed by atoms with Crippen molar-refractivity contribution in [3.8, 4) is 6.19 Å². The van der Waals surface area contributed by atoms with Crippen LogP contribution in [0.25, 0.3) is 6.08 Å². The molecule has 0 bridgehead atoms. The third kappa shape index (κ3) is 2.18. The monoisotopic (exact) mass is 238 g/mol.